The number of urea groups is 1. The number of hydrogen-bond donors (Lipinski definition) is 1. The van der Waals surface area contributed by atoms with Gasteiger partial charge in [-0.1, -0.05) is 12.1 Å². The Bertz CT molecular complexity index is 697. The first-order valence-corrected chi connectivity index (χ1v) is 8.15. The molecule has 2 heterocycles. The maximum atomic E-state index is 12.7. The molecule has 0 aliphatic carbocycles. The van der Waals surface area contributed by atoms with E-state index in [-0.39, 0.29) is 18.1 Å². The van der Waals surface area contributed by atoms with E-state index in [9.17, 15) is 4.79 Å². The van der Waals surface area contributed by atoms with Crippen LogP contribution in [-0.2, 0) is 7.05 Å². The molecule has 1 aromatic heterocycles. The molecule has 2 amide bonds. The topological polar surface area (TPSA) is 72.3 Å². The van der Waals surface area contributed by atoms with Gasteiger partial charge in [-0.25, -0.2) is 4.79 Å². The zero-order chi connectivity index (χ0) is 17.1. The van der Waals surface area contributed by atoms with E-state index in [2.05, 4.69) is 15.5 Å². The van der Waals surface area contributed by atoms with E-state index in [0.717, 1.165) is 36.5 Å². The average Bonchev–Trinajstić information content (AvgIpc) is 3.23. The van der Waals surface area contributed by atoms with Gasteiger partial charge in [0.1, 0.15) is 12.1 Å². The molecule has 0 unspecified atom stereocenters. The Hall–Kier alpha value is -2.57. The monoisotopic (exact) mass is 329 g/mol. The van der Waals surface area contributed by atoms with Crippen LogP contribution >= 0.6 is 0 Å². The number of carbonyl (C=O) groups is 1. The minimum absolute atomic E-state index is 0.0659. The molecule has 24 heavy (non-hydrogen) atoms. The highest BCUT2D eigenvalue weighted by Gasteiger charge is 2.31. The molecule has 1 fully saturated rings. The van der Waals surface area contributed by atoms with Crippen LogP contribution in [0.25, 0.3) is 0 Å². The summed E-state index contributed by atoms with van der Waals surface area (Å²) in [6, 6.07) is 7.77. The Kier molecular flexibility index (Phi) is 4.69. The van der Waals surface area contributed by atoms with Gasteiger partial charge < -0.3 is 19.5 Å². The number of hydrogen-bond acceptors (Lipinski definition) is 4. The highest BCUT2D eigenvalue weighted by Crippen LogP contribution is 2.33. The number of likely N-dealkylation sites (tertiary alicyclic amines) is 1. The minimum atomic E-state index is -0.192. The largest absolute Gasteiger partial charge is 0.497 e. The average molecular weight is 329 g/mol. The summed E-state index contributed by atoms with van der Waals surface area (Å²) in [5, 5.41) is 10.9. The lowest BCUT2D eigenvalue weighted by atomic mass is 10.0. The summed E-state index contributed by atoms with van der Waals surface area (Å²) in [5.41, 5.74) is 1.13. The van der Waals surface area contributed by atoms with E-state index < -0.39 is 0 Å². The molecule has 1 aliphatic rings. The lowest BCUT2D eigenvalue weighted by molar-refractivity contribution is 0.189. The van der Waals surface area contributed by atoms with Crippen molar-refractivity contribution in [2.24, 2.45) is 7.05 Å². The maximum absolute atomic E-state index is 12.7. The van der Waals surface area contributed by atoms with E-state index in [1.807, 2.05) is 47.7 Å². The van der Waals surface area contributed by atoms with E-state index in [0.29, 0.717) is 0 Å². The second kappa shape index (κ2) is 6.90. The predicted octanol–water partition coefficient (Wildman–Crippen LogP) is 2.43. The molecule has 0 saturated carbocycles. The van der Waals surface area contributed by atoms with E-state index in [1.54, 1.807) is 13.4 Å². The van der Waals surface area contributed by atoms with Crippen molar-refractivity contribution in [3.05, 3.63) is 42.0 Å². The summed E-state index contributed by atoms with van der Waals surface area (Å²) in [6.45, 7) is 2.68. The summed E-state index contributed by atoms with van der Waals surface area (Å²) in [4.78, 5) is 14.6. The Morgan fingerprint density at radius 3 is 2.75 bits per heavy atom. The first-order valence-electron chi connectivity index (χ1n) is 8.15. The molecule has 1 aliphatic heterocycles. The number of aromatic nitrogens is 3. The fourth-order valence-corrected chi connectivity index (χ4v) is 3.20. The summed E-state index contributed by atoms with van der Waals surface area (Å²) in [5.74, 6) is 1.56. The van der Waals surface area contributed by atoms with Gasteiger partial charge >= 0.3 is 6.03 Å². The van der Waals surface area contributed by atoms with Crippen molar-refractivity contribution in [2.45, 2.75) is 31.8 Å². The lowest BCUT2D eigenvalue weighted by Crippen LogP contribution is -2.41. The van der Waals surface area contributed by atoms with Crippen LogP contribution in [0.2, 0.25) is 0 Å². The Labute approximate surface area is 141 Å². The van der Waals surface area contributed by atoms with Crippen molar-refractivity contribution in [3.63, 3.8) is 0 Å². The summed E-state index contributed by atoms with van der Waals surface area (Å²) in [6.07, 6.45) is 3.61. The van der Waals surface area contributed by atoms with E-state index >= 15 is 0 Å². The Balaban J connectivity index is 1.70. The summed E-state index contributed by atoms with van der Waals surface area (Å²) < 4.78 is 7.02. The van der Waals surface area contributed by atoms with Crippen molar-refractivity contribution in [1.82, 2.24) is 25.0 Å². The molecular weight excluding hydrogens is 306 g/mol. The third-order valence-corrected chi connectivity index (χ3v) is 4.49. The Morgan fingerprint density at radius 1 is 1.38 bits per heavy atom. The molecule has 1 saturated heterocycles. The van der Waals surface area contributed by atoms with Gasteiger partial charge in [0.2, 0.25) is 0 Å². The van der Waals surface area contributed by atoms with Crippen molar-refractivity contribution < 1.29 is 9.53 Å². The van der Waals surface area contributed by atoms with Crippen LogP contribution in [-0.4, -0.2) is 39.4 Å². The van der Waals surface area contributed by atoms with Crippen molar-refractivity contribution in [3.8, 4) is 5.75 Å². The highest BCUT2D eigenvalue weighted by atomic mass is 16.5. The van der Waals surface area contributed by atoms with Crippen LogP contribution in [0, 0.1) is 0 Å². The second-order valence-corrected chi connectivity index (χ2v) is 6.10. The van der Waals surface area contributed by atoms with Crippen molar-refractivity contribution >= 4 is 6.03 Å². The zero-order valence-corrected chi connectivity index (χ0v) is 14.3. The number of methoxy groups -OCH3 is 1. The van der Waals surface area contributed by atoms with Crippen LogP contribution < -0.4 is 10.1 Å². The standard InChI is InChI=1S/C17H23N5O2/c1-12(16-20-18-11-21(16)2)19-17(23)22-10-4-5-15(22)13-6-8-14(24-3)9-7-13/h6-9,11-12,15H,4-5,10H2,1-3H3,(H,19,23)/t12-,15-/m1/s1. The quantitative estimate of drug-likeness (QED) is 0.935. The lowest BCUT2D eigenvalue weighted by Gasteiger charge is -2.27. The zero-order valence-electron chi connectivity index (χ0n) is 14.3. The van der Waals surface area contributed by atoms with Crippen LogP contribution in [0.3, 0.4) is 0 Å². The Morgan fingerprint density at radius 2 is 2.12 bits per heavy atom. The van der Waals surface area contributed by atoms with Crippen molar-refractivity contribution in [1.29, 1.82) is 0 Å². The van der Waals surface area contributed by atoms with Crippen LogP contribution in [0.1, 0.15) is 43.2 Å². The number of amides is 2. The van der Waals surface area contributed by atoms with Gasteiger partial charge in [-0.15, -0.1) is 10.2 Å². The third kappa shape index (κ3) is 3.20. The molecule has 2 atom stereocenters. The molecule has 0 radical (unpaired) electrons. The maximum Gasteiger partial charge on any atom is 0.318 e. The molecule has 128 valence electrons. The molecule has 7 heteroatoms. The normalized spacial score (nSPS) is 18.5. The summed E-state index contributed by atoms with van der Waals surface area (Å²) in [7, 11) is 3.52. The number of carbonyl (C=O) groups excluding carboxylic acids is 1. The van der Waals surface area contributed by atoms with Gasteiger partial charge in [0.05, 0.1) is 19.2 Å². The molecule has 3 rings (SSSR count). The highest BCUT2D eigenvalue weighted by molar-refractivity contribution is 5.75. The van der Waals surface area contributed by atoms with Gasteiger partial charge in [-0.3, -0.25) is 0 Å². The fourth-order valence-electron chi connectivity index (χ4n) is 3.20. The van der Waals surface area contributed by atoms with Crippen molar-refractivity contribution in [2.75, 3.05) is 13.7 Å². The first kappa shape index (κ1) is 16.3. The molecule has 2 aromatic rings. The smallest absolute Gasteiger partial charge is 0.318 e. The van der Waals surface area contributed by atoms with E-state index in [4.69, 9.17) is 4.74 Å². The first-order chi connectivity index (χ1) is 11.6. The number of benzene rings is 1. The van der Waals surface area contributed by atoms with Gasteiger partial charge in [0.15, 0.2) is 5.82 Å². The molecule has 0 bridgehead atoms. The molecule has 1 N–H and O–H groups in total. The molecule has 7 nitrogen and oxygen atoms in total. The SMILES string of the molecule is COc1ccc([C@H]2CCCN2C(=O)N[C@H](C)c2nncn2C)cc1. The summed E-state index contributed by atoms with van der Waals surface area (Å²) >= 11 is 0. The van der Waals surface area contributed by atoms with E-state index in [1.165, 1.54) is 0 Å². The van der Waals surface area contributed by atoms with Gasteiger partial charge in [-0.05, 0) is 37.5 Å². The van der Waals surface area contributed by atoms with Crippen LogP contribution in [0.5, 0.6) is 5.75 Å². The fraction of sp³-hybridized carbons (Fsp3) is 0.471. The van der Waals surface area contributed by atoms with Crippen LogP contribution in [0.15, 0.2) is 30.6 Å². The van der Waals surface area contributed by atoms with Crippen LogP contribution in [0.4, 0.5) is 4.79 Å². The third-order valence-electron chi connectivity index (χ3n) is 4.49. The number of ether oxygens (including phenoxy) is 1. The number of nitrogens with one attached hydrogen (secondary N) is 1. The number of rotatable bonds is 4. The number of aryl methyl sites for hydroxylation is 1. The van der Waals surface area contributed by atoms with Gasteiger partial charge in [0.25, 0.3) is 0 Å². The molecule has 1 aromatic carbocycles. The molecule has 0 spiro atoms. The minimum Gasteiger partial charge on any atom is -0.497 e. The molecular formula is C17H23N5O2. The van der Waals surface area contributed by atoms with Gasteiger partial charge in [0, 0.05) is 13.6 Å². The van der Waals surface area contributed by atoms with Gasteiger partial charge in [-0.2, -0.15) is 0 Å². The second-order valence-electron chi connectivity index (χ2n) is 6.10. The number of nitrogens with zero attached hydrogens (tertiary/aromatic N) is 4. The predicted molar refractivity (Wildman–Crippen MR) is 89.6 cm³/mol.